The fraction of sp³-hybridized carbons (Fsp3) is 0. The van der Waals surface area contributed by atoms with Crippen molar-refractivity contribution in [3.63, 3.8) is 0 Å². The average molecular weight is 112 g/mol. The number of anilines is 1. The Hall–Kier alpha value is -1.39. The Morgan fingerprint density at radius 2 is 2.50 bits per heavy atom. The average Bonchev–Trinajstić information content (AvgIpc) is 2.14. The van der Waals surface area contributed by atoms with E-state index in [1.165, 1.54) is 0 Å². The fourth-order valence-electron chi connectivity index (χ4n) is 0.341. The summed E-state index contributed by atoms with van der Waals surface area (Å²) in [5, 5.41) is 5.70. The number of nitrogen functional groups attached to an aromatic ring is 1. The lowest BCUT2D eigenvalue weighted by molar-refractivity contribution is 0.111. The predicted molar refractivity (Wildman–Crippen MR) is 26.2 cm³/mol. The molecule has 0 saturated heterocycles. The first kappa shape index (κ1) is 4.76. The van der Waals surface area contributed by atoms with Crippen molar-refractivity contribution in [2.45, 2.75) is 0 Å². The number of hydrogen-bond donors (Lipinski definition) is 2. The molecule has 0 aliphatic heterocycles. The van der Waals surface area contributed by atoms with Crippen LogP contribution in [0.15, 0.2) is 0 Å². The summed E-state index contributed by atoms with van der Waals surface area (Å²) in [6.45, 7) is 0. The predicted octanol–water partition coefficient (Wildman–Crippen LogP) is -0.801. The molecule has 0 fully saturated rings. The summed E-state index contributed by atoms with van der Waals surface area (Å²) in [5.74, 6) is 0.245. The first-order chi connectivity index (χ1) is 3.83. The maximum absolute atomic E-state index is 9.83. The highest BCUT2D eigenvalue weighted by Gasteiger charge is 1.92. The van der Waals surface area contributed by atoms with Crippen LogP contribution in [-0.4, -0.2) is 21.5 Å². The molecule has 42 valence electrons. The number of aromatic amines is 1. The van der Waals surface area contributed by atoms with E-state index in [2.05, 4.69) is 15.2 Å². The van der Waals surface area contributed by atoms with Crippen LogP contribution in [0.2, 0.25) is 0 Å². The first-order valence-corrected chi connectivity index (χ1v) is 1.96. The van der Waals surface area contributed by atoms with Gasteiger partial charge < -0.3 is 5.73 Å². The molecule has 8 heavy (non-hydrogen) atoms. The van der Waals surface area contributed by atoms with Crippen molar-refractivity contribution < 1.29 is 4.79 Å². The van der Waals surface area contributed by atoms with Gasteiger partial charge in [0.1, 0.15) is 0 Å². The largest absolute Gasteiger partial charge is 0.366 e. The van der Waals surface area contributed by atoms with E-state index in [9.17, 15) is 4.79 Å². The number of H-pyrrole nitrogens is 1. The lowest BCUT2D eigenvalue weighted by atomic mass is 10.7. The maximum atomic E-state index is 9.83. The molecule has 1 aromatic heterocycles. The number of carbonyl (C=O) groups is 1. The molecule has 1 heterocycles. The molecular weight excluding hydrogens is 108 g/mol. The molecule has 0 unspecified atom stereocenters. The van der Waals surface area contributed by atoms with Crippen LogP contribution in [0.3, 0.4) is 0 Å². The lowest BCUT2D eigenvalue weighted by Crippen LogP contribution is -1.85. The van der Waals surface area contributed by atoms with Crippen LogP contribution in [0.5, 0.6) is 0 Å². The molecule has 0 aliphatic carbocycles. The highest BCUT2D eigenvalue weighted by Crippen LogP contribution is 1.86. The van der Waals surface area contributed by atoms with Gasteiger partial charge in [0.05, 0.1) is 0 Å². The van der Waals surface area contributed by atoms with Gasteiger partial charge >= 0.3 is 0 Å². The zero-order valence-electron chi connectivity index (χ0n) is 3.96. The fourth-order valence-corrected chi connectivity index (χ4v) is 0.341. The topological polar surface area (TPSA) is 84.7 Å². The van der Waals surface area contributed by atoms with E-state index in [0.29, 0.717) is 6.29 Å². The highest BCUT2D eigenvalue weighted by atomic mass is 16.1. The van der Waals surface area contributed by atoms with E-state index in [-0.39, 0.29) is 11.8 Å². The standard InChI is InChI=1S/C3H4N4O/c4-3-5-2(1-8)6-7-3/h1H,(H3,4,5,6,7). The molecule has 5 nitrogen and oxygen atoms in total. The van der Waals surface area contributed by atoms with Gasteiger partial charge in [-0.3, -0.25) is 9.89 Å². The van der Waals surface area contributed by atoms with Crippen LogP contribution in [0.25, 0.3) is 0 Å². The van der Waals surface area contributed by atoms with Crippen LogP contribution in [0.4, 0.5) is 5.95 Å². The Balaban J connectivity index is 3.00. The molecule has 5 heteroatoms. The van der Waals surface area contributed by atoms with Gasteiger partial charge in [-0.05, 0) is 0 Å². The normalized spacial score (nSPS) is 9.00. The minimum absolute atomic E-state index is 0.0899. The van der Waals surface area contributed by atoms with E-state index < -0.39 is 0 Å². The van der Waals surface area contributed by atoms with Crippen molar-refractivity contribution >= 4 is 12.2 Å². The summed E-state index contributed by atoms with van der Waals surface area (Å²) >= 11 is 0. The Bertz CT molecular complexity index is 193. The molecule has 0 bridgehead atoms. The number of aldehydes is 1. The summed E-state index contributed by atoms with van der Waals surface area (Å²) in [4.78, 5) is 13.3. The van der Waals surface area contributed by atoms with E-state index in [4.69, 9.17) is 5.73 Å². The lowest BCUT2D eigenvalue weighted by Gasteiger charge is -1.68. The van der Waals surface area contributed by atoms with E-state index in [0.717, 1.165) is 0 Å². The van der Waals surface area contributed by atoms with Crippen LogP contribution in [-0.2, 0) is 0 Å². The van der Waals surface area contributed by atoms with E-state index in [1.54, 1.807) is 0 Å². The van der Waals surface area contributed by atoms with Gasteiger partial charge in [-0.15, -0.1) is 5.10 Å². The third-order valence-corrected chi connectivity index (χ3v) is 0.632. The smallest absolute Gasteiger partial charge is 0.239 e. The molecule has 0 aliphatic rings. The Kier molecular flexibility index (Phi) is 0.957. The number of carbonyl (C=O) groups excluding carboxylic acids is 1. The van der Waals surface area contributed by atoms with Gasteiger partial charge in [-0.1, -0.05) is 0 Å². The van der Waals surface area contributed by atoms with Crippen LogP contribution >= 0.6 is 0 Å². The molecule has 0 spiro atoms. The number of nitrogens with zero attached hydrogens (tertiary/aromatic N) is 2. The summed E-state index contributed by atoms with van der Waals surface area (Å²) < 4.78 is 0. The van der Waals surface area contributed by atoms with Gasteiger partial charge in [-0.2, -0.15) is 4.98 Å². The number of hydrogen-bond acceptors (Lipinski definition) is 4. The van der Waals surface area contributed by atoms with Crippen molar-refractivity contribution in [1.29, 1.82) is 0 Å². The summed E-state index contributed by atoms with van der Waals surface area (Å²) in [5.41, 5.74) is 5.04. The Morgan fingerprint density at radius 3 is 2.75 bits per heavy atom. The number of aromatic nitrogens is 3. The van der Waals surface area contributed by atoms with Crippen molar-refractivity contribution in [3.05, 3.63) is 5.82 Å². The molecule has 0 radical (unpaired) electrons. The molecule has 0 aromatic carbocycles. The second-order valence-electron chi connectivity index (χ2n) is 1.20. The van der Waals surface area contributed by atoms with Crippen LogP contribution in [0, 0.1) is 0 Å². The minimum Gasteiger partial charge on any atom is -0.366 e. The van der Waals surface area contributed by atoms with Crippen LogP contribution in [0.1, 0.15) is 10.6 Å². The minimum atomic E-state index is 0.0899. The third kappa shape index (κ3) is 0.651. The molecule has 3 N–H and O–H groups in total. The zero-order chi connectivity index (χ0) is 5.98. The first-order valence-electron chi connectivity index (χ1n) is 1.96. The summed E-state index contributed by atoms with van der Waals surface area (Å²) in [6.07, 6.45) is 0.545. The van der Waals surface area contributed by atoms with Gasteiger partial charge in [-0.25, -0.2) is 0 Å². The van der Waals surface area contributed by atoms with Gasteiger partial charge in [0.2, 0.25) is 5.95 Å². The Labute approximate surface area is 44.9 Å². The van der Waals surface area contributed by atoms with Crippen molar-refractivity contribution in [3.8, 4) is 0 Å². The maximum Gasteiger partial charge on any atom is 0.239 e. The van der Waals surface area contributed by atoms with Crippen LogP contribution < -0.4 is 5.73 Å². The van der Waals surface area contributed by atoms with E-state index in [1.807, 2.05) is 0 Å². The number of nitrogens with one attached hydrogen (secondary N) is 1. The van der Waals surface area contributed by atoms with Gasteiger partial charge in [0, 0.05) is 0 Å². The molecule has 1 aromatic rings. The number of rotatable bonds is 1. The van der Waals surface area contributed by atoms with Crippen molar-refractivity contribution in [1.82, 2.24) is 15.2 Å². The second kappa shape index (κ2) is 1.61. The zero-order valence-corrected chi connectivity index (χ0v) is 3.96. The molecule has 0 saturated carbocycles. The highest BCUT2D eigenvalue weighted by molar-refractivity contribution is 5.68. The third-order valence-electron chi connectivity index (χ3n) is 0.632. The van der Waals surface area contributed by atoms with Crippen molar-refractivity contribution in [2.75, 3.05) is 5.73 Å². The molecule has 0 amide bonds. The summed E-state index contributed by atoms with van der Waals surface area (Å²) in [6, 6.07) is 0. The SMILES string of the molecule is Nc1n[nH]c(C=O)n1. The monoisotopic (exact) mass is 112 g/mol. The quantitative estimate of drug-likeness (QED) is 0.466. The summed E-state index contributed by atoms with van der Waals surface area (Å²) in [7, 11) is 0. The second-order valence-corrected chi connectivity index (χ2v) is 1.20. The van der Waals surface area contributed by atoms with Gasteiger partial charge in [0.15, 0.2) is 12.1 Å². The number of nitrogens with two attached hydrogens (primary N) is 1. The van der Waals surface area contributed by atoms with Gasteiger partial charge in [0.25, 0.3) is 0 Å². The molecule has 0 atom stereocenters. The van der Waals surface area contributed by atoms with Crippen molar-refractivity contribution in [2.24, 2.45) is 0 Å². The molecule has 1 rings (SSSR count). The molecular formula is C3H4N4O. The van der Waals surface area contributed by atoms with E-state index >= 15 is 0 Å². The Morgan fingerprint density at radius 1 is 1.75 bits per heavy atom.